The summed E-state index contributed by atoms with van der Waals surface area (Å²) in [6.45, 7) is 8.45. The highest BCUT2D eigenvalue weighted by Gasteiger charge is 2.37. The molecular weight excluding hydrogens is 378 g/mol. The van der Waals surface area contributed by atoms with E-state index in [1.54, 1.807) is 0 Å². The second-order valence-corrected chi connectivity index (χ2v) is 10.2. The van der Waals surface area contributed by atoms with E-state index in [1.807, 2.05) is 0 Å². The zero-order chi connectivity index (χ0) is 21.0. The van der Waals surface area contributed by atoms with Gasteiger partial charge in [0.05, 0.1) is 0 Å². The quantitative estimate of drug-likeness (QED) is 0.615. The molecule has 0 N–H and O–H groups in total. The Labute approximate surface area is 189 Å². The summed E-state index contributed by atoms with van der Waals surface area (Å²) in [6, 6.07) is 25.2. The van der Waals surface area contributed by atoms with Crippen LogP contribution in [0.25, 0.3) is 0 Å². The Hall–Kier alpha value is -1.68. The van der Waals surface area contributed by atoms with Gasteiger partial charge >= 0.3 is 0 Å². The minimum absolute atomic E-state index is 0.694. The summed E-state index contributed by atoms with van der Waals surface area (Å²) in [5, 5.41) is 0. The fourth-order valence-electron chi connectivity index (χ4n) is 6.02. The van der Waals surface area contributed by atoms with Crippen LogP contribution in [0, 0.1) is 0 Å². The van der Waals surface area contributed by atoms with E-state index in [4.69, 9.17) is 0 Å². The summed E-state index contributed by atoms with van der Waals surface area (Å²) in [5.74, 6) is 0. The normalized spacial score (nSPS) is 28.1. The highest BCUT2D eigenvalue weighted by atomic mass is 15.3. The van der Waals surface area contributed by atoms with Gasteiger partial charge in [0.25, 0.3) is 0 Å². The Morgan fingerprint density at radius 2 is 1.26 bits per heavy atom. The summed E-state index contributed by atoms with van der Waals surface area (Å²) in [5.41, 5.74) is 2.87. The lowest BCUT2D eigenvalue weighted by Crippen LogP contribution is -2.57. The van der Waals surface area contributed by atoms with E-state index in [2.05, 4.69) is 82.3 Å². The van der Waals surface area contributed by atoms with Crippen molar-refractivity contribution >= 4 is 0 Å². The Kier molecular flexibility index (Phi) is 6.73. The topological polar surface area (TPSA) is 9.72 Å². The summed E-state index contributed by atoms with van der Waals surface area (Å²) in [4.78, 5) is 8.36. The molecule has 0 amide bonds. The smallest absolute Gasteiger partial charge is 0.0240 e. The number of hydrogen-bond acceptors (Lipinski definition) is 3. The molecule has 1 heterocycles. The van der Waals surface area contributed by atoms with Gasteiger partial charge in [-0.05, 0) is 56.6 Å². The van der Waals surface area contributed by atoms with Gasteiger partial charge in [-0.2, -0.15) is 0 Å². The monoisotopic (exact) mass is 417 g/mol. The first-order valence-corrected chi connectivity index (χ1v) is 12.6. The minimum atomic E-state index is 0.694. The number of benzene rings is 2. The van der Waals surface area contributed by atoms with Gasteiger partial charge in [-0.25, -0.2) is 0 Å². The third kappa shape index (κ3) is 5.39. The van der Waals surface area contributed by atoms with Crippen LogP contribution in [-0.2, 0) is 13.1 Å². The van der Waals surface area contributed by atoms with Gasteiger partial charge in [0.1, 0.15) is 0 Å². The summed E-state index contributed by atoms with van der Waals surface area (Å²) >= 11 is 0. The Balaban J connectivity index is 1.20. The largest absolute Gasteiger partial charge is 0.298 e. The fourth-order valence-corrected chi connectivity index (χ4v) is 6.02. The standard InChI is InChI=1S/C28H39N3/c1-23-20-29(26-12-13-26)18-19-31(23)28-16-14-27(15-17-28)30(21-24-8-4-2-5-9-24)22-25-10-6-3-7-11-25/h2-11,23,26-28H,12-22H2,1H3. The highest BCUT2D eigenvalue weighted by Crippen LogP contribution is 2.33. The molecule has 1 aliphatic heterocycles. The molecule has 31 heavy (non-hydrogen) atoms. The van der Waals surface area contributed by atoms with Crippen LogP contribution in [0.4, 0.5) is 0 Å². The molecule has 0 bridgehead atoms. The number of piperazine rings is 1. The first-order valence-electron chi connectivity index (χ1n) is 12.6. The Morgan fingerprint density at radius 3 is 1.77 bits per heavy atom. The molecule has 166 valence electrons. The molecule has 3 fully saturated rings. The van der Waals surface area contributed by atoms with E-state index in [-0.39, 0.29) is 0 Å². The van der Waals surface area contributed by atoms with Crippen LogP contribution in [-0.4, -0.2) is 58.5 Å². The van der Waals surface area contributed by atoms with E-state index >= 15 is 0 Å². The van der Waals surface area contributed by atoms with Gasteiger partial charge < -0.3 is 0 Å². The Bertz CT molecular complexity index is 754. The van der Waals surface area contributed by atoms with Gasteiger partial charge in [-0.3, -0.25) is 14.7 Å². The van der Waals surface area contributed by atoms with Crippen LogP contribution in [0.15, 0.2) is 60.7 Å². The molecule has 1 atom stereocenters. The second-order valence-electron chi connectivity index (χ2n) is 10.2. The Morgan fingerprint density at radius 1 is 0.710 bits per heavy atom. The van der Waals surface area contributed by atoms with Gasteiger partial charge in [0.15, 0.2) is 0 Å². The lowest BCUT2D eigenvalue weighted by molar-refractivity contribution is 0.0166. The predicted octanol–water partition coefficient (Wildman–Crippen LogP) is 5.17. The van der Waals surface area contributed by atoms with Crippen LogP contribution < -0.4 is 0 Å². The second kappa shape index (κ2) is 9.85. The van der Waals surface area contributed by atoms with Crippen LogP contribution in [0.1, 0.15) is 56.6 Å². The molecule has 5 rings (SSSR count). The number of rotatable bonds is 7. The molecule has 0 aromatic heterocycles. The van der Waals surface area contributed by atoms with E-state index in [9.17, 15) is 0 Å². The van der Waals surface area contributed by atoms with Gasteiger partial charge in [0, 0.05) is 56.9 Å². The maximum absolute atomic E-state index is 2.85. The molecule has 0 spiro atoms. The fraction of sp³-hybridized carbons (Fsp3) is 0.571. The van der Waals surface area contributed by atoms with Crippen molar-refractivity contribution in [3.05, 3.63) is 71.8 Å². The molecule has 0 radical (unpaired) electrons. The molecule has 2 aliphatic carbocycles. The van der Waals surface area contributed by atoms with Crippen LogP contribution >= 0.6 is 0 Å². The van der Waals surface area contributed by atoms with Crippen LogP contribution in [0.2, 0.25) is 0 Å². The van der Waals surface area contributed by atoms with Gasteiger partial charge in [-0.15, -0.1) is 0 Å². The third-order valence-electron chi connectivity index (χ3n) is 7.88. The van der Waals surface area contributed by atoms with Crippen molar-refractivity contribution in [1.29, 1.82) is 0 Å². The summed E-state index contributed by atoms with van der Waals surface area (Å²) in [6.07, 6.45) is 8.27. The zero-order valence-corrected chi connectivity index (χ0v) is 19.2. The SMILES string of the molecule is CC1CN(C2CC2)CCN1C1CCC(N(Cc2ccccc2)Cc2ccccc2)CC1. The summed E-state index contributed by atoms with van der Waals surface area (Å²) in [7, 11) is 0. The molecule has 3 aliphatic rings. The van der Waals surface area contributed by atoms with Crippen molar-refractivity contribution in [3.63, 3.8) is 0 Å². The van der Waals surface area contributed by atoms with E-state index in [0.717, 1.165) is 31.2 Å². The third-order valence-corrected chi connectivity index (χ3v) is 7.88. The van der Waals surface area contributed by atoms with Crippen molar-refractivity contribution in [2.75, 3.05) is 19.6 Å². The van der Waals surface area contributed by atoms with Gasteiger partial charge in [-0.1, -0.05) is 60.7 Å². The molecule has 2 saturated carbocycles. The van der Waals surface area contributed by atoms with Crippen molar-refractivity contribution in [2.24, 2.45) is 0 Å². The van der Waals surface area contributed by atoms with Crippen LogP contribution in [0.5, 0.6) is 0 Å². The van der Waals surface area contributed by atoms with E-state index in [1.165, 1.54) is 69.3 Å². The number of nitrogens with zero attached hydrogens (tertiary/aromatic N) is 3. The molecule has 1 saturated heterocycles. The first-order chi connectivity index (χ1) is 15.3. The maximum atomic E-state index is 2.85. The highest BCUT2D eigenvalue weighted by molar-refractivity contribution is 5.17. The first kappa shape index (κ1) is 21.2. The van der Waals surface area contributed by atoms with Crippen molar-refractivity contribution in [2.45, 2.75) is 82.7 Å². The van der Waals surface area contributed by atoms with Crippen LogP contribution in [0.3, 0.4) is 0 Å². The van der Waals surface area contributed by atoms with Crippen molar-refractivity contribution in [1.82, 2.24) is 14.7 Å². The van der Waals surface area contributed by atoms with Crippen molar-refractivity contribution in [3.8, 4) is 0 Å². The average molecular weight is 418 g/mol. The average Bonchev–Trinajstić information content (AvgIpc) is 3.66. The number of hydrogen-bond donors (Lipinski definition) is 0. The molecule has 3 heteroatoms. The summed E-state index contributed by atoms with van der Waals surface area (Å²) < 4.78 is 0. The minimum Gasteiger partial charge on any atom is -0.298 e. The maximum Gasteiger partial charge on any atom is 0.0240 e. The molecular formula is C28H39N3. The lowest BCUT2D eigenvalue weighted by atomic mass is 9.87. The van der Waals surface area contributed by atoms with Crippen molar-refractivity contribution < 1.29 is 0 Å². The molecule has 3 nitrogen and oxygen atoms in total. The lowest BCUT2D eigenvalue weighted by Gasteiger charge is -2.47. The van der Waals surface area contributed by atoms with E-state index < -0.39 is 0 Å². The van der Waals surface area contributed by atoms with E-state index in [0.29, 0.717) is 6.04 Å². The molecule has 1 unspecified atom stereocenters. The zero-order valence-electron chi connectivity index (χ0n) is 19.2. The molecule has 2 aromatic rings. The van der Waals surface area contributed by atoms with Gasteiger partial charge in [0.2, 0.25) is 0 Å². The molecule has 2 aromatic carbocycles. The predicted molar refractivity (Wildman–Crippen MR) is 129 cm³/mol.